The lowest BCUT2D eigenvalue weighted by Crippen LogP contribution is -2.49. The number of carbonyl (C=O) groups is 5. The number of carbonyl (C=O) groups excluding carboxylic acids is 5. The highest BCUT2D eigenvalue weighted by molar-refractivity contribution is 5.90. The van der Waals surface area contributed by atoms with Gasteiger partial charge in [-0.3, -0.25) is 24.1 Å². The van der Waals surface area contributed by atoms with Gasteiger partial charge in [0.1, 0.15) is 11.9 Å². The van der Waals surface area contributed by atoms with Gasteiger partial charge in [0.25, 0.3) is 0 Å². The molecule has 0 aliphatic carbocycles. The first-order chi connectivity index (χ1) is 20.6. The molecule has 2 fully saturated rings. The van der Waals surface area contributed by atoms with E-state index in [4.69, 9.17) is 4.74 Å². The number of rotatable bonds is 11. The number of hydrogen-bond acceptors (Lipinski definition) is 7. The lowest BCUT2D eigenvalue weighted by molar-refractivity contribution is -0.139. The predicted octanol–water partition coefficient (Wildman–Crippen LogP) is 1.49. The fourth-order valence-corrected chi connectivity index (χ4v) is 5.03. The van der Waals surface area contributed by atoms with Crippen LogP contribution < -0.4 is 20.4 Å². The van der Waals surface area contributed by atoms with Crippen LogP contribution in [0.2, 0.25) is 0 Å². The lowest BCUT2D eigenvalue weighted by Gasteiger charge is -2.36. The molecule has 2 aromatic carbocycles. The van der Waals surface area contributed by atoms with Crippen molar-refractivity contribution in [1.82, 2.24) is 20.4 Å². The molecule has 0 aromatic heterocycles. The summed E-state index contributed by atoms with van der Waals surface area (Å²) >= 11 is 0. The molecule has 13 heteroatoms. The summed E-state index contributed by atoms with van der Waals surface area (Å²) in [6.07, 6.45) is -1.15. The number of cyclic esters (lactones) is 1. The smallest absolute Gasteiger partial charge is 0.414 e. The molecule has 12 nitrogen and oxygen atoms in total. The number of amides is 5. The highest BCUT2D eigenvalue weighted by Gasteiger charge is 2.33. The van der Waals surface area contributed by atoms with Gasteiger partial charge in [0.15, 0.2) is 0 Å². The van der Waals surface area contributed by atoms with Crippen LogP contribution in [-0.2, 0) is 30.5 Å². The minimum Gasteiger partial charge on any atom is -0.442 e. The molecular weight excluding hydrogens is 559 g/mol. The van der Waals surface area contributed by atoms with Crippen LogP contribution in [0.4, 0.5) is 20.6 Å². The highest BCUT2D eigenvalue weighted by Crippen LogP contribution is 2.28. The Kier molecular flexibility index (Phi) is 10.5. The average molecular weight is 597 g/mol. The minimum absolute atomic E-state index is 0.00971. The van der Waals surface area contributed by atoms with Crippen LogP contribution >= 0.6 is 0 Å². The van der Waals surface area contributed by atoms with Gasteiger partial charge < -0.3 is 30.1 Å². The summed E-state index contributed by atoms with van der Waals surface area (Å²) in [5.41, 5.74) is 1.60. The first kappa shape index (κ1) is 31.3. The van der Waals surface area contributed by atoms with E-state index in [0.29, 0.717) is 37.6 Å². The normalized spacial score (nSPS) is 16.5. The van der Waals surface area contributed by atoms with E-state index >= 15 is 4.39 Å². The predicted molar refractivity (Wildman–Crippen MR) is 157 cm³/mol. The number of anilines is 2. The summed E-state index contributed by atoms with van der Waals surface area (Å²) in [6.45, 7) is 3.44. The number of likely N-dealkylation sites (N-methyl/N-ethyl adjacent to an activating group) is 1. The van der Waals surface area contributed by atoms with E-state index in [0.717, 1.165) is 5.56 Å². The number of hydrogen-bond donors (Lipinski definition) is 2. The Balaban J connectivity index is 1.27. The molecule has 2 N–H and O–H groups in total. The van der Waals surface area contributed by atoms with Gasteiger partial charge in [-0.25, -0.2) is 9.18 Å². The monoisotopic (exact) mass is 596 g/mol. The summed E-state index contributed by atoms with van der Waals surface area (Å²) in [7, 11) is 1.51. The minimum atomic E-state index is -0.607. The van der Waals surface area contributed by atoms with Gasteiger partial charge in [-0.1, -0.05) is 30.3 Å². The lowest BCUT2D eigenvalue weighted by atomic mass is 10.1. The molecule has 5 amide bonds. The molecular formula is C30H37FN6O6. The Morgan fingerprint density at radius 3 is 2.40 bits per heavy atom. The van der Waals surface area contributed by atoms with Crippen LogP contribution in [0.3, 0.4) is 0 Å². The van der Waals surface area contributed by atoms with Crippen molar-refractivity contribution in [3.05, 3.63) is 59.9 Å². The Hall–Kier alpha value is -4.68. The number of benzene rings is 2. The van der Waals surface area contributed by atoms with Gasteiger partial charge >= 0.3 is 6.09 Å². The van der Waals surface area contributed by atoms with Crippen molar-refractivity contribution < 1.29 is 33.1 Å². The summed E-state index contributed by atoms with van der Waals surface area (Å²) in [6, 6.07) is 13.9. The molecule has 230 valence electrons. The molecule has 0 saturated carbocycles. The molecule has 43 heavy (non-hydrogen) atoms. The maximum atomic E-state index is 15.2. The van der Waals surface area contributed by atoms with E-state index in [1.165, 1.54) is 29.8 Å². The van der Waals surface area contributed by atoms with Crippen molar-refractivity contribution in [2.45, 2.75) is 32.4 Å². The zero-order chi connectivity index (χ0) is 30.9. The zero-order valence-electron chi connectivity index (χ0n) is 24.4. The number of nitrogens with zero attached hydrogens (tertiary/aromatic N) is 4. The van der Waals surface area contributed by atoms with Crippen molar-refractivity contribution in [1.29, 1.82) is 0 Å². The van der Waals surface area contributed by atoms with Crippen LogP contribution in [0.25, 0.3) is 0 Å². The van der Waals surface area contributed by atoms with Gasteiger partial charge in [0.2, 0.25) is 23.6 Å². The fourth-order valence-electron chi connectivity index (χ4n) is 5.03. The van der Waals surface area contributed by atoms with E-state index in [1.807, 2.05) is 35.2 Å². The van der Waals surface area contributed by atoms with Gasteiger partial charge in [-0.15, -0.1) is 0 Å². The summed E-state index contributed by atoms with van der Waals surface area (Å²) in [5, 5.41) is 5.13. The van der Waals surface area contributed by atoms with Gasteiger partial charge in [0, 0.05) is 59.5 Å². The van der Waals surface area contributed by atoms with Crippen molar-refractivity contribution in [3.8, 4) is 0 Å². The zero-order valence-corrected chi connectivity index (χ0v) is 24.4. The van der Waals surface area contributed by atoms with Crippen molar-refractivity contribution in [3.63, 3.8) is 0 Å². The molecule has 0 bridgehead atoms. The van der Waals surface area contributed by atoms with Crippen LogP contribution in [0.5, 0.6) is 0 Å². The van der Waals surface area contributed by atoms with Gasteiger partial charge in [-0.2, -0.15) is 0 Å². The first-order valence-electron chi connectivity index (χ1n) is 14.2. The second-order valence-electron chi connectivity index (χ2n) is 10.5. The molecule has 0 radical (unpaired) electrons. The summed E-state index contributed by atoms with van der Waals surface area (Å²) in [4.78, 5) is 67.5. The molecule has 0 spiro atoms. The topological polar surface area (TPSA) is 132 Å². The van der Waals surface area contributed by atoms with Crippen molar-refractivity contribution in [2.75, 3.05) is 62.7 Å². The van der Waals surface area contributed by atoms with Crippen LogP contribution in [-0.4, -0.2) is 98.5 Å². The third kappa shape index (κ3) is 8.43. The van der Waals surface area contributed by atoms with Crippen LogP contribution in [0.15, 0.2) is 48.5 Å². The number of nitrogens with one attached hydrogen (secondary N) is 2. The average Bonchev–Trinajstić information content (AvgIpc) is 3.39. The van der Waals surface area contributed by atoms with E-state index in [1.54, 1.807) is 17.0 Å². The highest BCUT2D eigenvalue weighted by atomic mass is 19.1. The van der Waals surface area contributed by atoms with Crippen molar-refractivity contribution in [2.24, 2.45) is 0 Å². The van der Waals surface area contributed by atoms with Crippen molar-refractivity contribution >= 4 is 41.1 Å². The quantitative estimate of drug-likeness (QED) is 0.402. The first-order valence-corrected chi connectivity index (χ1v) is 14.2. The maximum Gasteiger partial charge on any atom is 0.414 e. The van der Waals surface area contributed by atoms with E-state index in [9.17, 15) is 24.0 Å². The summed E-state index contributed by atoms with van der Waals surface area (Å²) < 4.78 is 20.4. The molecule has 1 atom stereocenters. The largest absolute Gasteiger partial charge is 0.442 e. The van der Waals surface area contributed by atoms with E-state index in [2.05, 4.69) is 10.6 Å². The van der Waals surface area contributed by atoms with Crippen LogP contribution in [0.1, 0.15) is 25.3 Å². The SMILES string of the molecule is CNC(=O)CN(Cc1ccccc1)C(=O)CCC(=O)N1CCN(c2ccc(N3C[C@H](CNC(C)=O)OC3=O)cc2F)CC1. The number of piperazine rings is 1. The Morgan fingerprint density at radius 2 is 1.74 bits per heavy atom. The molecule has 2 aromatic rings. The summed E-state index contributed by atoms with van der Waals surface area (Å²) in [5.74, 6) is -1.49. The number of ether oxygens (including phenoxy) is 1. The molecule has 2 aliphatic rings. The molecule has 4 rings (SSSR count). The van der Waals surface area contributed by atoms with Gasteiger partial charge in [0.05, 0.1) is 31.0 Å². The maximum absolute atomic E-state index is 15.2. The number of halogens is 1. The Bertz CT molecular complexity index is 1330. The van der Waals surface area contributed by atoms with Crippen LogP contribution in [0, 0.1) is 5.82 Å². The second kappa shape index (κ2) is 14.5. The van der Waals surface area contributed by atoms with E-state index in [-0.39, 0.29) is 62.6 Å². The second-order valence-corrected chi connectivity index (χ2v) is 10.5. The Morgan fingerprint density at radius 1 is 1.02 bits per heavy atom. The standard InChI is InChI=1S/C30H37FN6O6/c1-21(38)33-17-24-19-37(30(42)43-24)23-8-9-26(25(31)16-23)34-12-14-35(15-13-34)28(40)10-11-29(41)36(20-27(39)32-2)18-22-6-4-3-5-7-22/h3-9,16,24H,10-15,17-20H2,1-2H3,(H,32,39)(H,33,38)/t24-/m0/s1. The van der Waals surface area contributed by atoms with E-state index < -0.39 is 18.0 Å². The fraction of sp³-hybridized carbons (Fsp3) is 0.433. The molecule has 0 unspecified atom stereocenters. The third-order valence-corrected chi connectivity index (χ3v) is 7.40. The third-order valence-electron chi connectivity index (χ3n) is 7.40. The molecule has 2 aliphatic heterocycles. The molecule has 2 saturated heterocycles. The van der Waals surface area contributed by atoms with Gasteiger partial charge in [-0.05, 0) is 23.8 Å². The molecule has 2 heterocycles. The Labute approximate surface area is 249 Å².